The molecule has 0 unspecified atom stereocenters. The zero-order valence-corrected chi connectivity index (χ0v) is 16.3. The maximum Gasteiger partial charge on any atom is 0.192 e. The van der Waals surface area contributed by atoms with Crippen LogP contribution in [0.1, 0.15) is 27.2 Å². The zero-order valence-electron chi connectivity index (χ0n) is 13.7. The Morgan fingerprint density at radius 2 is 2.10 bits per heavy atom. The predicted molar refractivity (Wildman–Crippen MR) is 91.2 cm³/mol. The Hall–Kier alpha value is 0.357. The van der Waals surface area contributed by atoms with Gasteiger partial charge in [-0.15, -0.1) is 0 Å². The highest BCUT2D eigenvalue weighted by Crippen LogP contribution is 2.70. The molecule has 0 aromatic carbocycles. The molecule has 2 nitrogen and oxygen atoms in total. The van der Waals surface area contributed by atoms with Crippen molar-refractivity contribution in [2.24, 2.45) is 23.2 Å². The van der Waals surface area contributed by atoms with Gasteiger partial charge in [0.05, 0.1) is 12.2 Å². The fraction of sp³-hybridized carbons (Fsp3) is 0.882. The van der Waals surface area contributed by atoms with Crippen molar-refractivity contribution < 1.29 is 9.16 Å². The van der Waals surface area contributed by atoms with Gasteiger partial charge < -0.3 is 9.16 Å². The summed E-state index contributed by atoms with van der Waals surface area (Å²) in [6.07, 6.45) is 6.93. The first kappa shape index (κ1) is 14.9. The average molecular weight is 371 g/mol. The first-order valence-electron chi connectivity index (χ1n) is 8.30. The van der Waals surface area contributed by atoms with E-state index in [0.29, 0.717) is 28.9 Å². The van der Waals surface area contributed by atoms with Crippen LogP contribution < -0.4 is 0 Å². The first-order chi connectivity index (χ1) is 9.67. The van der Waals surface area contributed by atoms with E-state index < -0.39 is 8.32 Å². The Morgan fingerprint density at radius 3 is 2.76 bits per heavy atom. The van der Waals surface area contributed by atoms with E-state index in [9.17, 15) is 0 Å². The van der Waals surface area contributed by atoms with Gasteiger partial charge in [0.2, 0.25) is 0 Å². The van der Waals surface area contributed by atoms with Crippen molar-refractivity contribution in [3.8, 4) is 0 Å². The summed E-state index contributed by atoms with van der Waals surface area (Å²) in [6.45, 7) is 12.6. The largest absolute Gasteiger partial charge is 0.416 e. The van der Waals surface area contributed by atoms with Gasteiger partial charge in [0.25, 0.3) is 0 Å². The van der Waals surface area contributed by atoms with Gasteiger partial charge in [-0.05, 0) is 36.4 Å². The highest BCUT2D eigenvalue weighted by atomic mass is 79.9. The second-order valence-electron chi connectivity index (χ2n) is 9.06. The van der Waals surface area contributed by atoms with Crippen LogP contribution in [0.2, 0.25) is 18.1 Å². The van der Waals surface area contributed by atoms with E-state index in [2.05, 4.69) is 61.9 Å². The Labute approximate surface area is 137 Å². The van der Waals surface area contributed by atoms with Gasteiger partial charge in [-0.2, -0.15) is 0 Å². The molecule has 4 heteroatoms. The smallest absolute Gasteiger partial charge is 0.192 e. The molecule has 0 radical (unpaired) electrons. The molecule has 7 atom stereocenters. The molecule has 3 aliphatic carbocycles. The molecule has 0 amide bonds. The summed E-state index contributed by atoms with van der Waals surface area (Å²) in [5.74, 6) is 2.14. The summed E-state index contributed by atoms with van der Waals surface area (Å²) in [5.41, 5.74) is 0.242. The third-order valence-corrected chi connectivity index (χ3v) is 12.8. The lowest BCUT2D eigenvalue weighted by Gasteiger charge is -2.44. The van der Waals surface area contributed by atoms with Gasteiger partial charge in [-0.25, -0.2) is 0 Å². The van der Waals surface area contributed by atoms with Crippen LogP contribution in [0, 0.1) is 23.2 Å². The molecule has 118 valence electrons. The second-order valence-corrected chi connectivity index (χ2v) is 14.9. The molecule has 1 saturated heterocycles. The lowest BCUT2D eigenvalue weighted by Crippen LogP contribution is -2.49. The second kappa shape index (κ2) is 4.25. The molecular formula is C17H27BrO2Si. The fourth-order valence-electron chi connectivity index (χ4n) is 4.97. The monoisotopic (exact) mass is 370 g/mol. The summed E-state index contributed by atoms with van der Waals surface area (Å²) in [5, 5.41) is 0.283. The number of ether oxygens (including phenoxy) is 1. The van der Waals surface area contributed by atoms with E-state index in [-0.39, 0.29) is 10.5 Å². The quantitative estimate of drug-likeness (QED) is 0.417. The number of rotatable bonds is 3. The lowest BCUT2D eigenvalue weighted by molar-refractivity contribution is 0.0694. The first-order valence-corrected chi connectivity index (χ1v) is 12.1. The Bertz CT molecular complexity index is 498. The predicted octanol–water partition coefficient (Wildman–Crippen LogP) is 4.36. The van der Waals surface area contributed by atoms with Crippen LogP contribution in [0.5, 0.6) is 0 Å². The molecule has 4 aliphatic rings. The lowest BCUT2D eigenvalue weighted by atomic mass is 9.68. The molecule has 0 aromatic heterocycles. The number of alkyl halides is 1. The number of hydrogen-bond donors (Lipinski definition) is 0. The van der Waals surface area contributed by atoms with Crippen LogP contribution in [0.3, 0.4) is 0 Å². The van der Waals surface area contributed by atoms with Crippen LogP contribution in [-0.4, -0.2) is 32.0 Å². The van der Waals surface area contributed by atoms with Gasteiger partial charge in [0.1, 0.15) is 0 Å². The zero-order chi connectivity index (χ0) is 15.2. The highest BCUT2D eigenvalue weighted by molar-refractivity contribution is 9.09. The van der Waals surface area contributed by atoms with Gasteiger partial charge in [-0.1, -0.05) is 48.9 Å². The maximum atomic E-state index is 6.66. The van der Waals surface area contributed by atoms with E-state index in [1.165, 1.54) is 6.42 Å². The number of fused-ring (bicyclic) bond motifs is 2. The van der Waals surface area contributed by atoms with Crippen LogP contribution in [0.15, 0.2) is 12.2 Å². The van der Waals surface area contributed by atoms with Crippen LogP contribution in [0.25, 0.3) is 0 Å². The molecule has 1 aliphatic heterocycles. The fourth-order valence-corrected chi connectivity index (χ4v) is 7.24. The molecule has 1 heterocycles. The third-order valence-electron chi connectivity index (χ3n) is 7.17. The molecule has 0 aromatic rings. The molecule has 3 fully saturated rings. The van der Waals surface area contributed by atoms with Crippen molar-refractivity contribution in [2.45, 2.75) is 62.4 Å². The maximum absolute atomic E-state index is 6.66. The normalized spacial score (nSPS) is 50.4. The molecule has 21 heavy (non-hydrogen) atoms. The Morgan fingerprint density at radius 1 is 1.38 bits per heavy atom. The van der Waals surface area contributed by atoms with E-state index in [1.54, 1.807) is 0 Å². The van der Waals surface area contributed by atoms with Gasteiger partial charge in [0, 0.05) is 22.8 Å². The summed E-state index contributed by atoms with van der Waals surface area (Å²) >= 11 is 3.94. The molecule has 4 rings (SSSR count). The van der Waals surface area contributed by atoms with Crippen molar-refractivity contribution in [1.29, 1.82) is 0 Å². The van der Waals surface area contributed by atoms with Crippen molar-refractivity contribution >= 4 is 24.2 Å². The minimum atomic E-state index is -1.69. The minimum Gasteiger partial charge on any atom is -0.416 e. The van der Waals surface area contributed by atoms with Crippen LogP contribution >= 0.6 is 15.9 Å². The topological polar surface area (TPSA) is 18.5 Å². The summed E-state index contributed by atoms with van der Waals surface area (Å²) < 4.78 is 13.0. The van der Waals surface area contributed by atoms with Crippen molar-refractivity contribution in [2.75, 3.05) is 6.61 Å². The SMILES string of the molecule is CC(C)(C)[Si](C)(C)OC[C@@]12C=C[C@@H]3O[C@@H]4[C@@H](Br)[C@H]1C[C@@H]4[C@@H]32. The molecule has 0 N–H and O–H groups in total. The number of halogens is 1. The third kappa shape index (κ3) is 1.76. The van der Waals surface area contributed by atoms with Crippen molar-refractivity contribution in [3.05, 3.63) is 12.2 Å². The van der Waals surface area contributed by atoms with Gasteiger partial charge in [-0.3, -0.25) is 0 Å². The Balaban J connectivity index is 1.60. The minimum absolute atomic E-state index is 0.242. The van der Waals surface area contributed by atoms with E-state index in [4.69, 9.17) is 9.16 Å². The number of hydrogen-bond acceptors (Lipinski definition) is 2. The molecule has 0 spiro atoms. The van der Waals surface area contributed by atoms with Crippen molar-refractivity contribution in [1.82, 2.24) is 0 Å². The van der Waals surface area contributed by atoms with E-state index in [1.807, 2.05) is 0 Å². The average Bonchev–Trinajstić information content (AvgIpc) is 3.03. The summed E-state index contributed by atoms with van der Waals surface area (Å²) in [6, 6.07) is 0. The van der Waals surface area contributed by atoms with Crippen LogP contribution in [-0.2, 0) is 9.16 Å². The van der Waals surface area contributed by atoms with E-state index in [0.717, 1.165) is 12.5 Å². The summed E-state index contributed by atoms with van der Waals surface area (Å²) in [4.78, 5) is 0.525. The van der Waals surface area contributed by atoms with Gasteiger partial charge >= 0.3 is 0 Å². The van der Waals surface area contributed by atoms with Gasteiger partial charge in [0.15, 0.2) is 8.32 Å². The molecular weight excluding hydrogens is 344 g/mol. The standard InChI is InChI=1S/C17H27BrO2Si/c1-16(2,3)21(4,5)19-9-17-7-6-12-13(17)10-8-11(17)14(18)15(10)20-12/h6-7,10-15H,8-9H2,1-5H3/t10-,11-,12+,13+,14+,15+,17+/m1/s1. The molecule has 2 bridgehead atoms. The summed E-state index contributed by atoms with van der Waals surface area (Å²) in [7, 11) is -1.69. The van der Waals surface area contributed by atoms with E-state index >= 15 is 0 Å². The molecule has 2 saturated carbocycles. The van der Waals surface area contributed by atoms with Crippen molar-refractivity contribution in [3.63, 3.8) is 0 Å². The Kier molecular flexibility index (Phi) is 3.02. The van der Waals surface area contributed by atoms with Crippen LogP contribution in [0.4, 0.5) is 0 Å². The highest BCUT2D eigenvalue weighted by Gasteiger charge is 2.72.